The average Bonchev–Trinajstić information content (AvgIpc) is 2.73. The minimum absolute atomic E-state index is 0.121. The van der Waals surface area contributed by atoms with Crippen molar-refractivity contribution in [3.8, 4) is 0 Å². The predicted molar refractivity (Wildman–Crippen MR) is 82.2 cm³/mol. The van der Waals surface area contributed by atoms with E-state index in [1.807, 2.05) is 24.4 Å². The molecular formula is C12H11IN2O2S. The first-order chi connectivity index (χ1) is 8.58. The first kappa shape index (κ1) is 13.3. The van der Waals surface area contributed by atoms with Gasteiger partial charge >= 0.3 is 0 Å². The summed E-state index contributed by atoms with van der Waals surface area (Å²) in [5, 5.41) is 16.1. The van der Waals surface area contributed by atoms with Crippen molar-refractivity contribution < 1.29 is 4.92 Å². The lowest BCUT2D eigenvalue weighted by molar-refractivity contribution is -0.384. The molecule has 6 heteroatoms. The highest BCUT2D eigenvalue weighted by atomic mass is 127. The van der Waals surface area contributed by atoms with Gasteiger partial charge in [0.1, 0.15) is 5.69 Å². The molecular weight excluding hydrogens is 363 g/mol. The standard InChI is InChI=1S/C12H11IN2O2S/c1-8-4-5-18-12(8)7-14-10-3-2-9(13)6-11(10)15(16)17/h2-6,14H,7H2,1H3. The van der Waals surface area contributed by atoms with Crippen molar-refractivity contribution >= 4 is 45.3 Å². The minimum atomic E-state index is -0.355. The van der Waals surface area contributed by atoms with Crippen molar-refractivity contribution in [2.75, 3.05) is 5.32 Å². The normalized spacial score (nSPS) is 10.3. The molecule has 2 aromatic rings. The van der Waals surface area contributed by atoms with Crippen LogP contribution in [0.25, 0.3) is 0 Å². The van der Waals surface area contributed by atoms with E-state index in [2.05, 4.69) is 27.9 Å². The maximum Gasteiger partial charge on any atom is 0.293 e. The Labute approximate surface area is 122 Å². The minimum Gasteiger partial charge on any atom is -0.375 e. The first-order valence-corrected chi connectivity index (χ1v) is 7.24. The van der Waals surface area contributed by atoms with E-state index >= 15 is 0 Å². The van der Waals surface area contributed by atoms with Crippen LogP contribution in [0.5, 0.6) is 0 Å². The van der Waals surface area contributed by atoms with Crippen LogP contribution in [0.1, 0.15) is 10.4 Å². The molecule has 0 spiro atoms. The molecule has 0 atom stereocenters. The molecule has 1 heterocycles. The number of hydrogen-bond donors (Lipinski definition) is 1. The highest BCUT2D eigenvalue weighted by Gasteiger charge is 2.14. The number of aryl methyl sites for hydroxylation is 1. The lowest BCUT2D eigenvalue weighted by Crippen LogP contribution is -2.02. The second-order valence-electron chi connectivity index (χ2n) is 3.80. The van der Waals surface area contributed by atoms with Gasteiger partial charge in [-0.2, -0.15) is 0 Å². The number of nitro groups is 1. The van der Waals surface area contributed by atoms with Crippen LogP contribution < -0.4 is 5.32 Å². The molecule has 0 saturated heterocycles. The molecule has 94 valence electrons. The third-order valence-corrected chi connectivity index (χ3v) is 4.26. The van der Waals surface area contributed by atoms with Gasteiger partial charge in [0, 0.05) is 21.1 Å². The fourth-order valence-electron chi connectivity index (χ4n) is 1.57. The van der Waals surface area contributed by atoms with Crippen molar-refractivity contribution in [2.24, 2.45) is 0 Å². The molecule has 0 saturated carbocycles. The predicted octanol–water partition coefficient (Wildman–Crippen LogP) is 4.18. The molecule has 1 N–H and O–H groups in total. The number of thiophene rings is 1. The highest BCUT2D eigenvalue weighted by molar-refractivity contribution is 14.1. The summed E-state index contributed by atoms with van der Waals surface area (Å²) in [6.07, 6.45) is 0. The Morgan fingerprint density at radius 1 is 1.44 bits per heavy atom. The number of anilines is 1. The Morgan fingerprint density at radius 3 is 2.83 bits per heavy atom. The smallest absolute Gasteiger partial charge is 0.293 e. The van der Waals surface area contributed by atoms with E-state index in [-0.39, 0.29) is 10.6 Å². The lowest BCUT2D eigenvalue weighted by Gasteiger charge is -2.07. The third-order valence-electron chi connectivity index (χ3n) is 2.56. The van der Waals surface area contributed by atoms with Crippen LogP contribution in [0.15, 0.2) is 29.6 Å². The summed E-state index contributed by atoms with van der Waals surface area (Å²) in [7, 11) is 0. The van der Waals surface area contributed by atoms with Gasteiger partial charge in [0.15, 0.2) is 0 Å². The Morgan fingerprint density at radius 2 is 2.22 bits per heavy atom. The second-order valence-corrected chi connectivity index (χ2v) is 6.05. The van der Waals surface area contributed by atoms with Crippen LogP contribution in [0.4, 0.5) is 11.4 Å². The van der Waals surface area contributed by atoms with Crippen LogP contribution in [-0.2, 0) is 6.54 Å². The van der Waals surface area contributed by atoms with Crippen molar-refractivity contribution in [1.29, 1.82) is 0 Å². The van der Waals surface area contributed by atoms with Crippen LogP contribution >= 0.6 is 33.9 Å². The molecule has 0 amide bonds. The van der Waals surface area contributed by atoms with Gasteiger partial charge in [0.25, 0.3) is 5.69 Å². The van der Waals surface area contributed by atoms with E-state index in [1.165, 1.54) is 10.4 Å². The number of nitrogens with zero attached hydrogens (tertiary/aromatic N) is 1. The molecule has 0 aliphatic carbocycles. The van der Waals surface area contributed by atoms with E-state index in [9.17, 15) is 10.1 Å². The number of nitro benzene ring substituents is 1. The van der Waals surface area contributed by atoms with E-state index in [0.29, 0.717) is 12.2 Å². The average molecular weight is 374 g/mol. The molecule has 0 radical (unpaired) electrons. The molecule has 0 aliphatic heterocycles. The van der Waals surface area contributed by atoms with Crippen molar-refractivity contribution in [2.45, 2.75) is 13.5 Å². The number of hydrogen-bond acceptors (Lipinski definition) is 4. The summed E-state index contributed by atoms with van der Waals surface area (Å²) in [6, 6.07) is 7.23. The largest absolute Gasteiger partial charge is 0.375 e. The van der Waals surface area contributed by atoms with Crippen molar-refractivity contribution in [3.63, 3.8) is 0 Å². The zero-order valence-electron chi connectivity index (χ0n) is 9.64. The maximum atomic E-state index is 11.0. The van der Waals surface area contributed by atoms with Crippen LogP contribution in [0.2, 0.25) is 0 Å². The van der Waals surface area contributed by atoms with Crippen molar-refractivity contribution in [3.05, 3.63) is 53.8 Å². The van der Waals surface area contributed by atoms with Gasteiger partial charge in [-0.25, -0.2) is 0 Å². The van der Waals surface area contributed by atoms with Crippen LogP contribution in [-0.4, -0.2) is 4.92 Å². The molecule has 1 aromatic heterocycles. The van der Waals surface area contributed by atoms with Gasteiger partial charge in [-0.3, -0.25) is 10.1 Å². The van der Waals surface area contributed by atoms with E-state index in [0.717, 1.165) is 3.57 Å². The Bertz CT molecular complexity index is 583. The quantitative estimate of drug-likeness (QED) is 0.496. The maximum absolute atomic E-state index is 11.0. The lowest BCUT2D eigenvalue weighted by atomic mass is 10.2. The Hall–Kier alpha value is -1.15. The Kier molecular flexibility index (Phi) is 4.18. The fourth-order valence-corrected chi connectivity index (χ4v) is 2.89. The van der Waals surface area contributed by atoms with E-state index in [1.54, 1.807) is 23.5 Å². The number of rotatable bonds is 4. The highest BCUT2D eigenvalue weighted by Crippen LogP contribution is 2.27. The summed E-state index contributed by atoms with van der Waals surface area (Å²) in [5.41, 5.74) is 1.89. The zero-order chi connectivity index (χ0) is 13.1. The SMILES string of the molecule is Cc1ccsc1CNc1ccc(I)cc1[N+](=O)[O-]. The van der Waals surface area contributed by atoms with Crippen LogP contribution in [0.3, 0.4) is 0 Å². The zero-order valence-corrected chi connectivity index (χ0v) is 12.6. The molecule has 4 nitrogen and oxygen atoms in total. The Balaban J connectivity index is 2.19. The molecule has 1 aromatic carbocycles. The van der Waals surface area contributed by atoms with Gasteiger partial charge in [0.05, 0.1) is 4.92 Å². The number of nitrogens with one attached hydrogen (secondary N) is 1. The summed E-state index contributed by atoms with van der Waals surface area (Å²) in [6.45, 7) is 2.65. The van der Waals surface area contributed by atoms with Crippen molar-refractivity contribution in [1.82, 2.24) is 0 Å². The molecule has 0 bridgehead atoms. The molecule has 0 fully saturated rings. The summed E-state index contributed by atoms with van der Waals surface area (Å²) in [5.74, 6) is 0. The monoisotopic (exact) mass is 374 g/mol. The van der Waals surface area contributed by atoms with Gasteiger partial charge in [-0.15, -0.1) is 11.3 Å². The summed E-state index contributed by atoms with van der Waals surface area (Å²) in [4.78, 5) is 11.8. The summed E-state index contributed by atoms with van der Waals surface area (Å²) >= 11 is 3.72. The first-order valence-electron chi connectivity index (χ1n) is 5.28. The molecule has 0 aliphatic rings. The topological polar surface area (TPSA) is 55.2 Å². The van der Waals surface area contributed by atoms with E-state index in [4.69, 9.17) is 0 Å². The van der Waals surface area contributed by atoms with Gasteiger partial charge in [-0.05, 0) is 58.7 Å². The van der Waals surface area contributed by atoms with Crippen LogP contribution in [0, 0.1) is 20.6 Å². The van der Waals surface area contributed by atoms with E-state index < -0.39 is 0 Å². The summed E-state index contributed by atoms with van der Waals surface area (Å²) < 4.78 is 0.858. The van der Waals surface area contributed by atoms with Gasteiger partial charge in [-0.1, -0.05) is 0 Å². The molecule has 0 unspecified atom stereocenters. The van der Waals surface area contributed by atoms with Gasteiger partial charge in [0.2, 0.25) is 0 Å². The fraction of sp³-hybridized carbons (Fsp3) is 0.167. The number of benzene rings is 1. The third kappa shape index (κ3) is 2.99. The van der Waals surface area contributed by atoms with Gasteiger partial charge < -0.3 is 5.32 Å². The number of halogens is 1. The molecule has 2 rings (SSSR count). The second kappa shape index (κ2) is 5.66. The molecule has 18 heavy (non-hydrogen) atoms.